The van der Waals surface area contributed by atoms with Crippen LogP contribution in [0.1, 0.15) is 5.56 Å². The molecule has 0 bridgehead atoms. The van der Waals surface area contributed by atoms with Crippen molar-refractivity contribution in [2.45, 2.75) is 0 Å². The minimum atomic E-state index is 0.416. The van der Waals surface area contributed by atoms with Crippen molar-refractivity contribution in [1.82, 2.24) is 14.1 Å². The molecule has 0 saturated carbocycles. The highest BCUT2D eigenvalue weighted by Crippen LogP contribution is 2.55. The fraction of sp³-hybridized carbons (Fsp3) is 0. The predicted molar refractivity (Wildman–Crippen MR) is 287 cm³/mol. The van der Waals surface area contributed by atoms with E-state index in [0.29, 0.717) is 16.8 Å². The van der Waals surface area contributed by atoms with Gasteiger partial charge in [-0.1, -0.05) is 146 Å². The molecule has 0 aliphatic carbocycles. The molecule has 5 aromatic heterocycles. The number of pyridine rings is 1. The van der Waals surface area contributed by atoms with Gasteiger partial charge in [0.15, 0.2) is 0 Å². The Bertz CT molecular complexity index is 4660. The SMILES string of the molecule is [C-]#[N+]c1c(-c2ccccc2)c(C#N)c(-n2c3ccc4c5ccccc5sc4c3c3ccc4c5ccccc5sc4c32)c(-c2ccccc2)c1-n1c2cccc3c4cccnc4c4cccc1c4c32. The van der Waals surface area contributed by atoms with Crippen LogP contribution in [0.2, 0.25) is 0 Å². The first-order valence-electron chi connectivity index (χ1n) is 22.6. The average Bonchev–Trinajstić information content (AvgIpc) is 4.16. The van der Waals surface area contributed by atoms with Crippen LogP contribution >= 0.6 is 22.7 Å². The van der Waals surface area contributed by atoms with Crippen molar-refractivity contribution in [1.29, 1.82) is 5.26 Å². The summed E-state index contributed by atoms with van der Waals surface area (Å²) >= 11 is 3.62. The summed E-state index contributed by atoms with van der Waals surface area (Å²) in [6.45, 7) is 9.34. The van der Waals surface area contributed by atoms with Crippen LogP contribution in [0.25, 0.3) is 144 Å². The maximum absolute atomic E-state index is 12.1. The van der Waals surface area contributed by atoms with Crippen molar-refractivity contribution in [2.75, 3.05) is 0 Å². The molecule has 7 heteroatoms. The monoisotopic (exact) mass is 897 g/mol. The van der Waals surface area contributed by atoms with Gasteiger partial charge in [0.1, 0.15) is 6.07 Å². The summed E-state index contributed by atoms with van der Waals surface area (Å²) in [7, 11) is 0. The molecular formula is C61H31N5S2. The van der Waals surface area contributed by atoms with E-state index in [1.54, 1.807) is 11.3 Å². The number of hydrogen-bond donors (Lipinski definition) is 0. The molecule has 0 unspecified atom stereocenters. The third-order valence-electron chi connectivity index (χ3n) is 14.2. The maximum atomic E-state index is 12.1. The van der Waals surface area contributed by atoms with Gasteiger partial charge < -0.3 is 9.13 Å². The van der Waals surface area contributed by atoms with Crippen LogP contribution in [-0.2, 0) is 0 Å². The lowest BCUT2D eigenvalue weighted by Crippen LogP contribution is -2.08. The summed E-state index contributed by atoms with van der Waals surface area (Å²) in [5.41, 5.74) is 10.4. The largest absolute Gasteiger partial charge is 0.318 e. The molecule has 0 atom stereocenters. The number of aromatic nitrogens is 3. The molecule has 10 aromatic carbocycles. The summed E-state index contributed by atoms with van der Waals surface area (Å²) < 4.78 is 9.52. The highest BCUT2D eigenvalue weighted by Gasteiger charge is 2.33. The molecule has 0 aliphatic heterocycles. The second-order valence-corrected chi connectivity index (χ2v) is 19.6. The molecule has 15 aromatic rings. The lowest BCUT2D eigenvalue weighted by Gasteiger charge is -2.25. The second-order valence-electron chi connectivity index (χ2n) is 17.5. The van der Waals surface area contributed by atoms with Crippen LogP contribution in [0.15, 0.2) is 188 Å². The van der Waals surface area contributed by atoms with Gasteiger partial charge >= 0.3 is 0 Å². The minimum Gasteiger partial charge on any atom is -0.318 e. The summed E-state index contributed by atoms with van der Waals surface area (Å²) in [4.78, 5) is 9.54. The van der Waals surface area contributed by atoms with Crippen LogP contribution in [0, 0.1) is 17.9 Å². The normalized spacial score (nSPS) is 12.1. The van der Waals surface area contributed by atoms with E-state index in [1.807, 2.05) is 60.0 Å². The zero-order valence-electron chi connectivity index (χ0n) is 36.0. The summed E-state index contributed by atoms with van der Waals surface area (Å²) in [5.74, 6) is 0. The van der Waals surface area contributed by atoms with Gasteiger partial charge in [-0.2, -0.15) is 5.26 Å². The van der Waals surface area contributed by atoms with E-state index in [4.69, 9.17) is 4.98 Å². The Morgan fingerprint density at radius 1 is 0.456 bits per heavy atom. The van der Waals surface area contributed by atoms with E-state index in [1.165, 1.54) is 35.6 Å². The Kier molecular flexibility index (Phi) is 7.61. The molecule has 0 radical (unpaired) electrons. The average molecular weight is 898 g/mol. The molecule has 5 nitrogen and oxygen atoms in total. The quantitative estimate of drug-likeness (QED) is 0.131. The molecule has 5 heterocycles. The van der Waals surface area contributed by atoms with E-state index in [9.17, 15) is 11.8 Å². The van der Waals surface area contributed by atoms with Crippen molar-refractivity contribution < 1.29 is 0 Å². The van der Waals surface area contributed by atoms with E-state index in [0.717, 1.165) is 98.1 Å². The van der Waals surface area contributed by atoms with Gasteiger partial charge in [0.2, 0.25) is 5.69 Å². The topological polar surface area (TPSA) is 50.9 Å². The first-order valence-corrected chi connectivity index (χ1v) is 24.2. The van der Waals surface area contributed by atoms with Crippen LogP contribution in [-0.4, -0.2) is 14.1 Å². The minimum absolute atomic E-state index is 0.416. The van der Waals surface area contributed by atoms with Gasteiger partial charge in [0.25, 0.3) is 0 Å². The second kappa shape index (κ2) is 13.8. The molecule has 0 aliphatic rings. The van der Waals surface area contributed by atoms with Gasteiger partial charge in [-0.3, -0.25) is 4.98 Å². The third kappa shape index (κ3) is 4.78. The Balaban J connectivity index is 1.25. The number of thiophene rings is 2. The zero-order chi connectivity index (χ0) is 44.8. The highest BCUT2D eigenvalue weighted by atomic mass is 32.1. The van der Waals surface area contributed by atoms with Gasteiger partial charge in [-0.25, -0.2) is 4.85 Å². The number of hydrogen-bond acceptors (Lipinski definition) is 4. The summed E-state index contributed by atoms with van der Waals surface area (Å²) in [6.07, 6.45) is 1.87. The van der Waals surface area contributed by atoms with Crippen LogP contribution in [0.4, 0.5) is 5.69 Å². The molecule has 68 heavy (non-hydrogen) atoms. The molecule has 0 saturated heterocycles. The Morgan fingerprint density at radius 3 is 1.72 bits per heavy atom. The van der Waals surface area contributed by atoms with Gasteiger partial charge in [-0.05, 0) is 52.9 Å². The number of benzene rings is 10. The van der Waals surface area contributed by atoms with Crippen LogP contribution < -0.4 is 0 Å². The summed E-state index contributed by atoms with van der Waals surface area (Å²) in [5, 5.41) is 24.6. The van der Waals surface area contributed by atoms with Gasteiger partial charge in [0, 0.05) is 85.3 Å². The van der Waals surface area contributed by atoms with Gasteiger partial charge in [0.05, 0.1) is 55.8 Å². The number of fused-ring (bicyclic) bond motifs is 14. The Morgan fingerprint density at radius 2 is 1.01 bits per heavy atom. The predicted octanol–water partition coefficient (Wildman–Crippen LogP) is 17.5. The first kappa shape index (κ1) is 37.4. The van der Waals surface area contributed by atoms with E-state index in [-0.39, 0.29) is 0 Å². The lowest BCUT2D eigenvalue weighted by atomic mass is 9.88. The fourth-order valence-corrected chi connectivity index (χ4v) is 14.0. The van der Waals surface area contributed by atoms with Gasteiger partial charge in [-0.15, -0.1) is 22.7 Å². The van der Waals surface area contributed by atoms with Crippen LogP contribution in [0.3, 0.4) is 0 Å². The number of rotatable bonds is 4. The summed E-state index contributed by atoms with van der Waals surface area (Å²) in [6, 6.07) is 66.9. The number of nitrogens with zero attached hydrogens (tertiary/aromatic N) is 5. The van der Waals surface area contributed by atoms with Crippen molar-refractivity contribution >= 4 is 134 Å². The molecule has 0 N–H and O–H groups in total. The standard InChI is InChI=1S/C61H31N5S2/c1-63-56-50(34-15-4-2-5-16-34)44(33-62)57(51(35-17-6-3-7-18-35)59(56)65-45-24-12-21-38-39-23-14-32-64-55(39)42-22-13-25-46(65)53(42)52(38)45)66-47-31-30-40-36-19-8-10-26-48(36)67-60(40)54(47)43-29-28-41-37-20-9-11-27-49(37)68-61(41)58(43)66/h2-32H. The maximum Gasteiger partial charge on any atom is 0.220 e. The van der Waals surface area contributed by atoms with Crippen LogP contribution in [0.5, 0.6) is 0 Å². The molecular weight excluding hydrogens is 867 g/mol. The van der Waals surface area contributed by atoms with Crippen molar-refractivity contribution in [2.24, 2.45) is 0 Å². The van der Waals surface area contributed by atoms with Crippen molar-refractivity contribution in [3.05, 3.63) is 205 Å². The fourth-order valence-electron chi connectivity index (χ4n) is 11.5. The Hall–Kier alpha value is -8.85. The smallest absolute Gasteiger partial charge is 0.220 e. The zero-order valence-corrected chi connectivity index (χ0v) is 37.6. The van der Waals surface area contributed by atoms with Crippen molar-refractivity contribution in [3.63, 3.8) is 0 Å². The number of nitriles is 1. The van der Waals surface area contributed by atoms with Crippen molar-refractivity contribution in [3.8, 4) is 39.7 Å². The molecule has 0 spiro atoms. The Labute approximate surface area is 396 Å². The first-order chi connectivity index (χ1) is 33.7. The third-order valence-corrected chi connectivity index (χ3v) is 16.6. The molecule has 15 rings (SSSR count). The van der Waals surface area contributed by atoms with E-state index >= 15 is 0 Å². The van der Waals surface area contributed by atoms with E-state index < -0.39 is 0 Å². The highest BCUT2D eigenvalue weighted by molar-refractivity contribution is 7.27. The molecule has 0 amide bonds. The van der Waals surface area contributed by atoms with E-state index in [2.05, 4.69) is 160 Å². The lowest BCUT2D eigenvalue weighted by molar-refractivity contribution is 1.14. The molecule has 312 valence electrons. The molecule has 0 fully saturated rings.